The summed E-state index contributed by atoms with van der Waals surface area (Å²) in [6, 6.07) is 28.5. The zero-order chi connectivity index (χ0) is 21.6. The lowest BCUT2D eigenvalue weighted by molar-refractivity contribution is 0.415. The molecule has 5 nitrogen and oxygen atoms in total. The summed E-state index contributed by atoms with van der Waals surface area (Å²) in [6.07, 6.45) is 1.78. The Labute approximate surface area is 183 Å². The van der Waals surface area contributed by atoms with Gasteiger partial charge >= 0.3 is 0 Å². The van der Waals surface area contributed by atoms with Crippen LogP contribution in [0.1, 0.15) is 24.1 Å². The Morgan fingerprint density at radius 3 is 2.42 bits per heavy atom. The molecule has 4 rings (SSSR count). The van der Waals surface area contributed by atoms with Gasteiger partial charge in [-0.1, -0.05) is 54.1 Å². The summed E-state index contributed by atoms with van der Waals surface area (Å²) in [6.45, 7) is 4.23. The number of anilines is 4. The highest BCUT2D eigenvalue weighted by atomic mass is 16.5. The molecule has 0 aliphatic carbocycles. The molecule has 0 aliphatic rings. The molecule has 0 saturated carbocycles. The van der Waals surface area contributed by atoms with Crippen molar-refractivity contribution in [1.29, 1.82) is 0 Å². The number of hydrogen-bond acceptors (Lipinski definition) is 5. The van der Waals surface area contributed by atoms with E-state index >= 15 is 0 Å². The maximum atomic E-state index is 5.43. The molecule has 1 aromatic heterocycles. The molecule has 1 unspecified atom stereocenters. The van der Waals surface area contributed by atoms with Crippen LogP contribution >= 0.6 is 0 Å². The van der Waals surface area contributed by atoms with Crippen LogP contribution in [-0.4, -0.2) is 17.1 Å². The number of para-hydroxylation sites is 1. The second-order valence-electron chi connectivity index (χ2n) is 7.39. The molecule has 0 aliphatic heterocycles. The lowest BCUT2D eigenvalue weighted by atomic mass is 10.1. The highest BCUT2D eigenvalue weighted by Gasteiger charge is 2.16. The van der Waals surface area contributed by atoms with Crippen molar-refractivity contribution in [3.8, 4) is 5.75 Å². The third-order valence-corrected chi connectivity index (χ3v) is 5.08. The van der Waals surface area contributed by atoms with Crippen LogP contribution in [0.15, 0.2) is 91.1 Å². The van der Waals surface area contributed by atoms with Crippen molar-refractivity contribution in [2.24, 2.45) is 0 Å². The molecule has 1 N–H and O–H groups in total. The van der Waals surface area contributed by atoms with Crippen molar-refractivity contribution in [1.82, 2.24) is 9.97 Å². The molecule has 0 spiro atoms. The van der Waals surface area contributed by atoms with Crippen molar-refractivity contribution in [3.63, 3.8) is 0 Å². The topological polar surface area (TPSA) is 50.3 Å². The fourth-order valence-electron chi connectivity index (χ4n) is 3.49. The number of methoxy groups -OCH3 is 1. The Kier molecular flexibility index (Phi) is 6.13. The van der Waals surface area contributed by atoms with Crippen molar-refractivity contribution in [2.75, 3.05) is 17.3 Å². The molecule has 4 aromatic rings. The number of aromatic nitrogens is 2. The normalized spacial score (nSPS) is 11.6. The van der Waals surface area contributed by atoms with Gasteiger partial charge in [-0.25, -0.2) is 4.98 Å². The number of nitrogens with one attached hydrogen (secondary N) is 1. The smallest absolute Gasteiger partial charge is 0.236 e. The molecule has 0 bridgehead atoms. The minimum atomic E-state index is 0.115. The van der Waals surface area contributed by atoms with Gasteiger partial charge in [-0.2, -0.15) is 4.98 Å². The number of rotatable bonds is 7. The highest BCUT2D eigenvalue weighted by Crippen LogP contribution is 2.34. The molecular formula is C26H26N4O. The fraction of sp³-hybridized carbons (Fsp3) is 0.154. The SMILES string of the molecule is COc1cccc(N(c2ccccc2)c2nccc(NC(C)c3cccc(C)c3)n2)c1. The standard InChI is InChI=1S/C26H26N4O/c1-19-9-7-10-21(17-19)20(2)28-25-15-16-27-26(29-25)30(22-11-5-4-6-12-22)23-13-8-14-24(18-23)31-3/h4-18,20H,1-3H3,(H,27,28,29). The average Bonchev–Trinajstić information content (AvgIpc) is 2.80. The summed E-state index contributed by atoms with van der Waals surface area (Å²) < 4.78 is 5.43. The molecule has 1 atom stereocenters. The van der Waals surface area contributed by atoms with Gasteiger partial charge in [0.05, 0.1) is 12.8 Å². The number of hydrogen-bond donors (Lipinski definition) is 1. The van der Waals surface area contributed by atoms with Crippen LogP contribution in [0, 0.1) is 6.92 Å². The van der Waals surface area contributed by atoms with Gasteiger partial charge in [0.2, 0.25) is 5.95 Å². The summed E-state index contributed by atoms with van der Waals surface area (Å²) in [5.74, 6) is 2.13. The van der Waals surface area contributed by atoms with E-state index in [0.717, 1.165) is 22.9 Å². The van der Waals surface area contributed by atoms with Crippen molar-refractivity contribution in [2.45, 2.75) is 19.9 Å². The maximum Gasteiger partial charge on any atom is 0.236 e. The van der Waals surface area contributed by atoms with Gasteiger partial charge in [-0.3, -0.25) is 4.90 Å². The molecule has 0 amide bonds. The largest absolute Gasteiger partial charge is 0.497 e. The lowest BCUT2D eigenvalue weighted by Crippen LogP contribution is -2.15. The van der Waals surface area contributed by atoms with Crippen LogP contribution in [0.5, 0.6) is 5.75 Å². The van der Waals surface area contributed by atoms with E-state index in [4.69, 9.17) is 9.72 Å². The number of ether oxygens (including phenoxy) is 1. The van der Waals surface area contributed by atoms with Gasteiger partial charge in [-0.05, 0) is 49.7 Å². The Hall–Kier alpha value is -3.86. The van der Waals surface area contributed by atoms with E-state index in [1.165, 1.54) is 11.1 Å². The first-order valence-electron chi connectivity index (χ1n) is 10.3. The van der Waals surface area contributed by atoms with Crippen LogP contribution in [0.4, 0.5) is 23.1 Å². The Bertz CT molecular complexity index is 1150. The number of aryl methyl sites for hydroxylation is 1. The third-order valence-electron chi connectivity index (χ3n) is 5.08. The van der Waals surface area contributed by atoms with Crippen LogP contribution < -0.4 is 15.0 Å². The van der Waals surface area contributed by atoms with E-state index in [0.29, 0.717) is 5.95 Å². The molecule has 0 fully saturated rings. The van der Waals surface area contributed by atoms with Crippen LogP contribution in [0.3, 0.4) is 0 Å². The van der Waals surface area contributed by atoms with E-state index in [-0.39, 0.29) is 6.04 Å². The number of nitrogens with zero attached hydrogens (tertiary/aromatic N) is 3. The fourth-order valence-corrected chi connectivity index (χ4v) is 3.49. The predicted octanol–water partition coefficient (Wildman–Crippen LogP) is 6.44. The van der Waals surface area contributed by atoms with Gasteiger partial charge < -0.3 is 10.1 Å². The summed E-state index contributed by atoms with van der Waals surface area (Å²) >= 11 is 0. The summed E-state index contributed by atoms with van der Waals surface area (Å²) in [7, 11) is 1.67. The average molecular weight is 411 g/mol. The number of benzene rings is 3. The van der Waals surface area contributed by atoms with E-state index in [1.54, 1.807) is 13.3 Å². The maximum absolute atomic E-state index is 5.43. The van der Waals surface area contributed by atoms with E-state index < -0.39 is 0 Å². The summed E-state index contributed by atoms with van der Waals surface area (Å²) in [4.78, 5) is 11.4. The second-order valence-corrected chi connectivity index (χ2v) is 7.39. The molecule has 0 saturated heterocycles. The first-order valence-corrected chi connectivity index (χ1v) is 10.3. The molecule has 1 heterocycles. The molecule has 5 heteroatoms. The molecule has 0 radical (unpaired) electrons. The first-order chi connectivity index (χ1) is 15.1. The zero-order valence-electron chi connectivity index (χ0n) is 18.0. The van der Waals surface area contributed by atoms with Gasteiger partial charge in [0.25, 0.3) is 0 Å². The molecule has 3 aromatic carbocycles. The highest BCUT2D eigenvalue weighted by molar-refractivity contribution is 5.73. The minimum absolute atomic E-state index is 0.115. The van der Waals surface area contributed by atoms with E-state index in [9.17, 15) is 0 Å². The van der Waals surface area contributed by atoms with Crippen LogP contribution in [0.2, 0.25) is 0 Å². The Balaban J connectivity index is 1.69. The van der Waals surface area contributed by atoms with Gasteiger partial charge in [0.15, 0.2) is 0 Å². The predicted molar refractivity (Wildman–Crippen MR) is 126 cm³/mol. The van der Waals surface area contributed by atoms with Crippen LogP contribution in [-0.2, 0) is 0 Å². The van der Waals surface area contributed by atoms with Gasteiger partial charge in [0.1, 0.15) is 11.6 Å². The van der Waals surface area contributed by atoms with Crippen molar-refractivity contribution >= 4 is 23.1 Å². The zero-order valence-corrected chi connectivity index (χ0v) is 18.0. The molecular weight excluding hydrogens is 384 g/mol. The summed E-state index contributed by atoms with van der Waals surface area (Å²) in [5.41, 5.74) is 4.35. The first kappa shape index (κ1) is 20.4. The third kappa shape index (κ3) is 4.83. The van der Waals surface area contributed by atoms with Crippen molar-refractivity contribution in [3.05, 3.63) is 102 Å². The van der Waals surface area contributed by atoms with Gasteiger partial charge in [-0.15, -0.1) is 0 Å². The summed E-state index contributed by atoms with van der Waals surface area (Å²) in [5, 5.41) is 3.50. The van der Waals surface area contributed by atoms with E-state index in [2.05, 4.69) is 48.4 Å². The van der Waals surface area contributed by atoms with Crippen molar-refractivity contribution < 1.29 is 4.74 Å². The lowest BCUT2D eigenvalue weighted by Gasteiger charge is -2.24. The Morgan fingerprint density at radius 1 is 0.871 bits per heavy atom. The monoisotopic (exact) mass is 410 g/mol. The van der Waals surface area contributed by atoms with Crippen LogP contribution in [0.25, 0.3) is 0 Å². The van der Waals surface area contributed by atoms with Gasteiger partial charge in [0, 0.05) is 24.0 Å². The second kappa shape index (κ2) is 9.30. The molecule has 156 valence electrons. The quantitative estimate of drug-likeness (QED) is 0.380. The minimum Gasteiger partial charge on any atom is -0.497 e. The van der Waals surface area contributed by atoms with E-state index in [1.807, 2.05) is 65.6 Å². The Morgan fingerprint density at radius 2 is 1.65 bits per heavy atom. The molecule has 31 heavy (non-hydrogen) atoms.